The molecule has 3 aromatic rings. The van der Waals surface area contributed by atoms with E-state index in [1.165, 1.54) is 0 Å². The average Bonchev–Trinajstić information content (AvgIpc) is 3.02. The van der Waals surface area contributed by atoms with E-state index in [1.807, 2.05) is 28.3 Å². The molecule has 1 aliphatic rings. The summed E-state index contributed by atoms with van der Waals surface area (Å²) in [4.78, 5) is 15.6. The summed E-state index contributed by atoms with van der Waals surface area (Å²) in [5.74, 6) is -0.859. The molecule has 1 fully saturated rings. The lowest BCUT2D eigenvalue weighted by Gasteiger charge is -2.10. The third kappa shape index (κ3) is 1.74. The number of benzene rings is 1. The van der Waals surface area contributed by atoms with E-state index in [2.05, 4.69) is 11.1 Å². The molecular formula is C15H12N2O2S. The van der Waals surface area contributed by atoms with Crippen LogP contribution in [0.15, 0.2) is 35.8 Å². The second kappa shape index (κ2) is 4.18. The highest BCUT2D eigenvalue weighted by Gasteiger charge is 2.29. The van der Waals surface area contributed by atoms with Gasteiger partial charge in [0.2, 0.25) is 0 Å². The van der Waals surface area contributed by atoms with Crippen LogP contribution in [0, 0.1) is 0 Å². The van der Waals surface area contributed by atoms with Crippen molar-refractivity contribution < 1.29 is 9.90 Å². The Balaban J connectivity index is 1.90. The number of fused-ring (bicyclic) bond motifs is 1. The monoisotopic (exact) mass is 284 g/mol. The molecule has 2 heterocycles. The molecule has 0 radical (unpaired) electrons. The summed E-state index contributed by atoms with van der Waals surface area (Å²) in [6, 6.07) is 10.0. The molecule has 20 heavy (non-hydrogen) atoms. The minimum atomic E-state index is -0.859. The molecule has 5 heteroatoms. The Hall–Kier alpha value is -2.14. The number of hydrogen-bond donors (Lipinski definition) is 1. The van der Waals surface area contributed by atoms with Crippen molar-refractivity contribution in [2.45, 2.75) is 18.9 Å². The first-order valence-corrected chi connectivity index (χ1v) is 7.40. The maximum Gasteiger partial charge on any atom is 0.352 e. The minimum Gasteiger partial charge on any atom is -0.477 e. The van der Waals surface area contributed by atoms with Crippen molar-refractivity contribution in [3.05, 3.63) is 41.5 Å². The quantitative estimate of drug-likeness (QED) is 0.796. The molecule has 0 aliphatic heterocycles. The van der Waals surface area contributed by atoms with Gasteiger partial charge in [-0.1, -0.05) is 6.07 Å². The van der Waals surface area contributed by atoms with E-state index in [-0.39, 0.29) is 0 Å². The van der Waals surface area contributed by atoms with E-state index in [4.69, 9.17) is 0 Å². The van der Waals surface area contributed by atoms with E-state index in [0.717, 1.165) is 34.3 Å². The largest absolute Gasteiger partial charge is 0.477 e. The molecule has 1 aromatic carbocycles. The summed E-state index contributed by atoms with van der Waals surface area (Å²) < 4.78 is 3.09. The number of aromatic nitrogens is 2. The van der Waals surface area contributed by atoms with Crippen LogP contribution in [0.5, 0.6) is 0 Å². The molecule has 1 N–H and O–H groups in total. The zero-order chi connectivity index (χ0) is 13.7. The summed E-state index contributed by atoms with van der Waals surface area (Å²) >= 11 is 1.60. The highest BCUT2D eigenvalue weighted by molar-refractivity contribution is 7.16. The van der Waals surface area contributed by atoms with Crippen molar-refractivity contribution in [3.8, 4) is 11.3 Å². The lowest BCUT2D eigenvalue weighted by Crippen LogP contribution is -2.08. The first-order chi connectivity index (χ1) is 9.74. The van der Waals surface area contributed by atoms with Gasteiger partial charge in [-0.25, -0.2) is 9.78 Å². The van der Waals surface area contributed by atoms with Crippen molar-refractivity contribution in [2.75, 3.05) is 0 Å². The van der Waals surface area contributed by atoms with Crippen LogP contribution < -0.4 is 0 Å². The van der Waals surface area contributed by atoms with E-state index in [0.29, 0.717) is 11.7 Å². The fourth-order valence-electron chi connectivity index (χ4n) is 2.60. The molecule has 2 aromatic heterocycles. The Kier molecular flexibility index (Phi) is 2.44. The average molecular weight is 284 g/mol. The van der Waals surface area contributed by atoms with Crippen LogP contribution in [0.2, 0.25) is 0 Å². The van der Waals surface area contributed by atoms with Crippen LogP contribution in [0.25, 0.3) is 21.5 Å². The second-order valence-electron chi connectivity index (χ2n) is 5.05. The van der Waals surface area contributed by atoms with E-state index in [9.17, 15) is 9.90 Å². The van der Waals surface area contributed by atoms with Crippen LogP contribution in [0.4, 0.5) is 0 Å². The molecule has 0 amide bonds. The number of rotatable bonds is 3. The molecule has 100 valence electrons. The van der Waals surface area contributed by atoms with Gasteiger partial charge in [0.05, 0.1) is 15.7 Å². The van der Waals surface area contributed by atoms with E-state index in [1.54, 1.807) is 17.4 Å². The number of nitrogens with zero attached hydrogens (tertiary/aromatic N) is 2. The molecule has 1 saturated carbocycles. The summed E-state index contributed by atoms with van der Waals surface area (Å²) in [5.41, 5.74) is 5.24. The van der Waals surface area contributed by atoms with Gasteiger partial charge in [-0.05, 0) is 42.7 Å². The topological polar surface area (TPSA) is 55.1 Å². The van der Waals surface area contributed by atoms with Gasteiger partial charge in [0, 0.05) is 11.7 Å². The Morgan fingerprint density at radius 2 is 2.15 bits per heavy atom. The second-order valence-corrected chi connectivity index (χ2v) is 5.93. The normalized spacial score (nSPS) is 14.8. The zero-order valence-corrected chi connectivity index (χ0v) is 11.4. The highest BCUT2D eigenvalue weighted by atomic mass is 32.1. The Morgan fingerprint density at radius 1 is 1.30 bits per heavy atom. The number of carboxylic acid groups (broad SMARTS) is 1. The highest BCUT2D eigenvalue weighted by Crippen LogP contribution is 2.41. The minimum absolute atomic E-state index is 0.336. The molecule has 4 nitrogen and oxygen atoms in total. The Bertz CT molecular complexity index is 814. The molecule has 4 rings (SSSR count). The van der Waals surface area contributed by atoms with Crippen LogP contribution >= 0.6 is 11.3 Å². The lowest BCUT2D eigenvalue weighted by atomic mass is 10.1. The van der Waals surface area contributed by atoms with E-state index >= 15 is 0 Å². The van der Waals surface area contributed by atoms with Crippen molar-refractivity contribution >= 4 is 27.5 Å². The predicted molar refractivity (Wildman–Crippen MR) is 78.3 cm³/mol. The molecule has 1 aliphatic carbocycles. The number of hydrogen-bond acceptors (Lipinski definition) is 3. The Labute approximate surface area is 119 Å². The van der Waals surface area contributed by atoms with Crippen molar-refractivity contribution in [1.82, 2.24) is 9.55 Å². The van der Waals surface area contributed by atoms with Crippen LogP contribution in [-0.4, -0.2) is 20.6 Å². The molecule has 0 bridgehead atoms. The first-order valence-electron chi connectivity index (χ1n) is 6.52. The van der Waals surface area contributed by atoms with Crippen LogP contribution in [0.3, 0.4) is 0 Å². The van der Waals surface area contributed by atoms with Crippen molar-refractivity contribution in [2.24, 2.45) is 0 Å². The molecule has 0 spiro atoms. The SMILES string of the molecule is O=C(O)c1ccc(-c2ccc3ncsc3c2)n1C1CC1. The fourth-order valence-corrected chi connectivity index (χ4v) is 3.31. The van der Waals surface area contributed by atoms with Gasteiger partial charge in [0.25, 0.3) is 0 Å². The standard InChI is InChI=1S/C15H12N2O2S/c18-15(19)13-6-5-12(17(13)10-2-3-10)9-1-4-11-14(7-9)20-8-16-11/h1,4-8,10H,2-3H2,(H,18,19). The first kappa shape index (κ1) is 11.7. The smallest absolute Gasteiger partial charge is 0.352 e. The van der Waals surface area contributed by atoms with Gasteiger partial charge < -0.3 is 9.67 Å². The summed E-state index contributed by atoms with van der Waals surface area (Å²) in [6.07, 6.45) is 2.12. The molecule has 0 unspecified atom stereocenters. The maximum atomic E-state index is 11.3. The number of carbonyl (C=O) groups is 1. The number of aromatic carboxylic acids is 1. The lowest BCUT2D eigenvalue weighted by molar-refractivity contribution is 0.0685. The van der Waals surface area contributed by atoms with Gasteiger partial charge in [-0.3, -0.25) is 0 Å². The van der Waals surface area contributed by atoms with Crippen LogP contribution in [0.1, 0.15) is 29.4 Å². The van der Waals surface area contributed by atoms with Gasteiger partial charge in [0.15, 0.2) is 0 Å². The summed E-state index contributed by atoms with van der Waals surface area (Å²) in [5, 5.41) is 9.31. The maximum absolute atomic E-state index is 11.3. The molecule has 0 saturated heterocycles. The van der Waals surface area contributed by atoms with Gasteiger partial charge >= 0.3 is 5.97 Å². The molecule has 0 atom stereocenters. The number of thiazole rings is 1. The van der Waals surface area contributed by atoms with Gasteiger partial charge in [-0.15, -0.1) is 11.3 Å². The van der Waals surface area contributed by atoms with Crippen molar-refractivity contribution in [1.29, 1.82) is 0 Å². The van der Waals surface area contributed by atoms with Gasteiger partial charge in [0.1, 0.15) is 5.69 Å². The van der Waals surface area contributed by atoms with Crippen LogP contribution in [-0.2, 0) is 0 Å². The van der Waals surface area contributed by atoms with Crippen molar-refractivity contribution in [3.63, 3.8) is 0 Å². The summed E-state index contributed by atoms with van der Waals surface area (Å²) in [7, 11) is 0. The molecular weight excluding hydrogens is 272 g/mol. The fraction of sp³-hybridized carbons (Fsp3) is 0.200. The predicted octanol–water partition coefficient (Wildman–Crippen LogP) is 3.80. The Morgan fingerprint density at radius 3 is 2.90 bits per heavy atom. The van der Waals surface area contributed by atoms with Gasteiger partial charge in [-0.2, -0.15) is 0 Å². The third-order valence-electron chi connectivity index (χ3n) is 3.68. The number of carboxylic acids is 1. The zero-order valence-electron chi connectivity index (χ0n) is 10.6. The van der Waals surface area contributed by atoms with E-state index < -0.39 is 5.97 Å². The third-order valence-corrected chi connectivity index (χ3v) is 4.47. The summed E-state index contributed by atoms with van der Waals surface area (Å²) in [6.45, 7) is 0.